The van der Waals surface area contributed by atoms with Crippen LogP contribution in [0.25, 0.3) is 0 Å². The third-order valence-electron chi connectivity index (χ3n) is 3.60. The van der Waals surface area contributed by atoms with E-state index in [1.54, 1.807) is 17.4 Å². The van der Waals surface area contributed by atoms with Crippen molar-refractivity contribution in [1.29, 1.82) is 0 Å². The molecule has 0 spiro atoms. The Morgan fingerprint density at radius 1 is 1.40 bits per heavy atom. The van der Waals surface area contributed by atoms with E-state index in [0.717, 1.165) is 4.47 Å². The number of nitrogens with two attached hydrogens (primary N) is 1. The fraction of sp³-hybridized carbons (Fsp3) is 0.333. The first-order valence-corrected chi connectivity index (χ1v) is 8.12. The highest BCUT2D eigenvalue weighted by atomic mass is 79.9. The Morgan fingerprint density at radius 2 is 2.15 bits per heavy atom. The Balaban J connectivity index is 2.29. The minimum absolute atomic E-state index is 0.149. The molecule has 0 radical (unpaired) electrons. The van der Waals surface area contributed by atoms with Gasteiger partial charge in [-0.15, -0.1) is 11.3 Å². The van der Waals surface area contributed by atoms with Crippen molar-refractivity contribution in [3.05, 3.63) is 56.4 Å². The summed E-state index contributed by atoms with van der Waals surface area (Å²) in [6.45, 7) is 2.49. The summed E-state index contributed by atoms with van der Waals surface area (Å²) in [4.78, 5) is 3.37. The Labute approximate surface area is 131 Å². The van der Waals surface area contributed by atoms with Crippen molar-refractivity contribution in [1.82, 2.24) is 4.90 Å². The zero-order valence-corrected chi connectivity index (χ0v) is 13.9. The largest absolute Gasteiger partial charge is 0.329 e. The van der Waals surface area contributed by atoms with Crippen LogP contribution in [-0.4, -0.2) is 18.5 Å². The highest BCUT2D eigenvalue weighted by molar-refractivity contribution is 9.10. The van der Waals surface area contributed by atoms with Gasteiger partial charge in [-0.2, -0.15) is 0 Å². The van der Waals surface area contributed by atoms with Gasteiger partial charge in [0.05, 0.1) is 6.04 Å². The van der Waals surface area contributed by atoms with Crippen molar-refractivity contribution in [2.45, 2.75) is 19.0 Å². The van der Waals surface area contributed by atoms with Crippen LogP contribution < -0.4 is 5.73 Å². The first-order chi connectivity index (χ1) is 9.54. The van der Waals surface area contributed by atoms with E-state index in [0.29, 0.717) is 12.1 Å². The van der Waals surface area contributed by atoms with Crippen molar-refractivity contribution < 1.29 is 4.39 Å². The van der Waals surface area contributed by atoms with Gasteiger partial charge in [-0.05, 0) is 43.6 Å². The van der Waals surface area contributed by atoms with Gasteiger partial charge in [-0.25, -0.2) is 4.39 Å². The average Bonchev–Trinajstić information content (AvgIpc) is 2.96. The lowest BCUT2D eigenvalue weighted by atomic mass is 10.0. The van der Waals surface area contributed by atoms with Crippen LogP contribution in [0.1, 0.15) is 29.4 Å². The number of rotatable bonds is 5. The molecule has 0 aliphatic rings. The lowest BCUT2D eigenvalue weighted by Gasteiger charge is -2.32. The Morgan fingerprint density at radius 3 is 2.75 bits per heavy atom. The second kappa shape index (κ2) is 6.80. The molecule has 2 unspecified atom stereocenters. The van der Waals surface area contributed by atoms with Gasteiger partial charge in [0.15, 0.2) is 0 Å². The van der Waals surface area contributed by atoms with E-state index in [2.05, 4.69) is 39.2 Å². The summed E-state index contributed by atoms with van der Waals surface area (Å²) in [6, 6.07) is 9.16. The molecule has 0 aliphatic heterocycles. The van der Waals surface area contributed by atoms with Gasteiger partial charge in [0.25, 0.3) is 0 Å². The van der Waals surface area contributed by atoms with E-state index >= 15 is 0 Å². The van der Waals surface area contributed by atoms with E-state index in [1.807, 2.05) is 19.2 Å². The van der Waals surface area contributed by atoms with Gasteiger partial charge in [0.1, 0.15) is 5.82 Å². The van der Waals surface area contributed by atoms with Gasteiger partial charge in [0.2, 0.25) is 0 Å². The maximum absolute atomic E-state index is 14.1. The van der Waals surface area contributed by atoms with Crippen LogP contribution in [0.2, 0.25) is 0 Å². The maximum atomic E-state index is 14.1. The van der Waals surface area contributed by atoms with E-state index in [-0.39, 0.29) is 17.9 Å². The van der Waals surface area contributed by atoms with Crippen molar-refractivity contribution >= 4 is 27.3 Å². The van der Waals surface area contributed by atoms with Gasteiger partial charge < -0.3 is 5.73 Å². The van der Waals surface area contributed by atoms with Crippen LogP contribution in [-0.2, 0) is 0 Å². The van der Waals surface area contributed by atoms with Crippen molar-refractivity contribution in [3.8, 4) is 0 Å². The normalized spacial score (nSPS) is 14.5. The second-order valence-electron chi connectivity index (χ2n) is 4.77. The number of thiophene rings is 1. The summed E-state index contributed by atoms with van der Waals surface area (Å²) in [5.41, 5.74) is 6.53. The molecule has 2 rings (SSSR count). The lowest BCUT2D eigenvalue weighted by Crippen LogP contribution is -2.33. The molecule has 5 heteroatoms. The van der Waals surface area contributed by atoms with Crippen molar-refractivity contribution in [2.24, 2.45) is 5.73 Å². The van der Waals surface area contributed by atoms with Crippen LogP contribution in [0.15, 0.2) is 40.2 Å². The van der Waals surface area contributed by atoms with Gasteiger partial charge in [0, 0.05) is 27.5 Å². The number of likely N-dealkylation sites (N-methyl/N-ethyl adjacent to an activating group) is 1. The van der Waals surface area contributed by atoms with E-state index in [9.17, 15) is 4.39 Å². The third kappa shape index (κ3) is 3.28. The summed E-state index contributed by atoms with van der Waals surface area (Å²) in [5, 5.41) is 2.05. The highest BCUT2D eigenvalue weighted by Gasteiger charge is 2.24. The van der Waals surface area contributed by atoms with Crippen LogP contribution >= 0.6 is 27.3 Å². The van der Waals surface area contributed by atoms with Gasteiger partial charge >= 0.3 is 0 Å². The smallest absolute Gasteiger partial charge is 0.128 e. The first kappa shape index (κ1) is 15.6. The van der Waals surface area contributed by atoms with Gasteiger partial charge in [-0.3, -0.25) is 4.90 Å². The monoisotopic (exact) mass is 356 g/mol. The van der Waals surface area contributed by atoms with E-state index in [4.69, 9.17) is 5.73 Å². The molecule has 1 heterocycles. The molecule has 108 valence electrons. The molecule has 0 aliphatic carbocycles. The Hall–Kier alpha value is -0.750. The van der Waals surface area contributed by atoms with E-state index < -0.39 is 0 Å². The molecular formula is C15H18BrFN2S. The zero-order chi connectivity index (χ0) is 14.7. The average molecular weight is 357 g/mol. The van der Waals surface area contributed by atoms with Crippen LogP contribution in [0, 0.1) is 5.82 Å². The molecule has 2 nitrogen and oxygen atoms in total. The molecule has 20 heavy (non-hydrogen) atoms. The summed E-state index contributed by atoms with van der Waals surface area (Å²) < 4.78 is 14.9. The minimum Gasteiger partial charge on any atom is -0.329 e. The maximum Gasteiger partial charge on any atom is 0.128 e. The molecule has 0 saturated carbocycles. The standard InChI is InChI=1S/C15H18BrFN2S/c1-10(15-4-3-7-20-15)19(2)14(9-18)12-8-11(16)5-6-13(12)17/h3-8,10,14H,9,18H2,1-2H3. The topological polar surface area (TPSA) is 29.3 Å². The number of hydrogen-bond acceptors (Lipinski definition) is 3. The Kier molecular flexibility index (Phi) is 5.32. The van der Waals surface area contributed by atoms with Crippen LogP contribution in [0.3, 0.4) is 0 Å². The molecule has 0 saturated heterocycles. The SMILES string of the molecule is CC(c1cccs1)N(C)C(CN)c1cc(Br)ccc1F. The van der Waals surface area contributed by atoms with Gasteiger partial charge in [-0.1, -0.05) is 22.0 Å². The summed E-state index contributed by atoms with van der Waals surface area (Å²) >= 11 is 5.10. The number of halogens is 2. The predicted molar refractivity (Wildman–Crippen MR) is 86.4 cm³/mol. The highest BCUT2D eigenvalue weighted by Crippen LogP contribution is 2.32. The van der Waals surface area contributed by atoms with Crippen LogP contribution in [0.5, 0.6) is 0 Å². The minimum atomic E-state index is -0.214. The summed E-state index contributed by atoms with van der Waals surface area (Å²) in [7, 11) is 1.99. The van der Waals surface area contributed by atoms with Crippen molar-refractivity contribution in [3.63, 3.8) is 0 Å². The summed E-state index contributed by atoms with van der Waals surface area (Å²) in [5.74, 6) is -0.214. The molecule has 2 atom stereocenters. The first-order valence-electron chi connectivity index (χ1n) is 6.45. The number of hydrogen-bond donors (Lipinski definition) is 1. The molecule has 2 aromatic rings. The second-order valence-corrected chi connectivity index (χ2v) is 6.67. The predicted octanol–water partition coefficient (Wildman–Crippen LogP) is 4.34. The molecule has 1 aromatic heterocycles. The van der Waals surface area contributed by atoms with Crippen LogP contribution in [0.4, 0.5) is 4.39 Å². The van der Waals surface area contributed by atoms with E-state index in [1.165, 1.54) is 10.9 Å². The van der Waals surface area contributed by atoms with Crippen molar-refractivity contribution in [2.75, 3.05) is 13.6 Å². The molecular weight excluding hydrogens is 339 g/mol. The molecule has 0 fully saturated rings. The third-order valence-corrected chi connectivity index (χ3v) is 5.13. The molecule has 1 aromatic carbocycles. The number of benzene rings is 1. The summed E-state index contributed by atoms with van der Waals surface area (Å²) in [6.07, 6.45) is 0. The molecule has 0 amide bonds. The fourth-order valence-corrected chi connectivity index (χ4v) is 3.50. The Bertz CT molecular complexity index is 559. The fourth-order valence-electron chi connectivity index (χ4n) is 2.28. The lowest BCUT2D eigenvalue weighted by molar-refractivity contribution is 0.189. The quantitative estimate of drug-likeness (QED) is 0.862. The zero-order valence-electron chi connectivity index (χ0n) is 11.5. The molecule has 2 N–H and O–H groups in total. The number of nitrogens with zero attached hydrogens (tertiary/aromatic N) is 1. The molecule has 0 bridgehead atoms.